The van der Waals surface area contributed by atoms with Crippen LogP contribution in [0.2, 0.25) is 0 Å². The van der Waals surface area contributed by atoms with Gasteiger partial charge in [0.1, 0.15) is 6.54 Å². The van der Waals surface area contributed by atoms with Crippen LogP contribution in [0.25, 0.3) is 0 Å². The van der Waals surface area contributed by atoms with Crippen LogP contribution < -0.4 is 0 Å². The molecule has 0 saturated heterocycles. The van der Waals surface area contributed by atoms with Crippen LogP contribution in [-0.4, -0.2) is 41.9 Å². The van der Waals surface area contributed by atoms with E-state index in [9.17, 15) is 19.7 Å². The van der Waals surface area contributed by atoms with Crippen LogP contribution in [0.4, 0.5) is 5.69 Å². The molecule has 0 aliphatic rings. The zero-order valence-corrected chi connectivity index (χ0v) is 13.3. The smallest absolute Gasteiger partial charge is 0.325 e. The number of carbonyl (C=O) groups excluding carboxylic acids is 2. The molecule has 0 bridgehead atoms. The first kappa shape index (κ1) is 17.1. The van der Waals surface area contributed by atoms with E-state index in [2.05, 4.69) is 20.7 Å². The third-order valence-electron chi connectivity index (χ3n) is 2.72. The number of nitro benzene ring substituents is 1. The van der Waals surface area contributed by atoms with Gasteiger partial charge in [0.05, 0.1) is 16.5 Å². The lowest BCUT2D eigenvalue weighted by Crippen LogP contribution is -2.36. The van der Waals surface area contributed by atoms with Crippen molar-refractivity contribution in [1.29, 1.82) is 0 Å². The number of hydrogen-bond acceptors (Lipinski definition) is 5. The van der Waals surface area contributed by atoms with Gasteiger partial charge in [-0.3, -0.25) is 19.7 Å². The maximum Gasteiger partial charge on any atom is 0.325 e. The van der Waals surface area contributed by atoms with E-state index in [4.69, 9.17) is 0 Å². The van der Waals surface area contributed by atoms with E-state index in [-0.39, 0.29) is 17.8 Å². The molecular weight excluding hydrogens is 344 g/mol. The number of carbonyl (C=O) groups is 2. The number of benzene rings is 1. The highest BCUT2D eigenvalue weighted by Crippen LogP contribution is 2.26. The Morgan fingerprint density at radius 2 is 2.10 bits per heavy atom. The molecule has 1 amide bonds. The predicted molar refractivity (Wildman–Crippen MR) is 79.0 cm³/mol. The maximum atomic E-state index is 12.4. The first-order valence-electron chi connectivity index (χ1n) is 6.20. The van der Waals surface area contributed by atoms with E-state index < -0.39 is 16.8 Å². The highest BCUT2D eigenvalue weighted by atomic mass is 79.9. The molecule has 0 aromatic heterocycles. The van der Waals surface area contributed by atoms with Crippen LogP contribution >= 0.6 is 15.9 Å². The van der Waals surface area contributed by atoms with Gasteiger partial charge in [-0.05, 0) is 34.5 Å². The fourth-order valence-corrected chi connectivity index (χ4v) is 2.10. The van der Waals surface area contributed by atoms with Crippen molar-refractivity contribution in [2.75, 3.05) is 20.2 Å². The van der Waals surface area contributed by atoms with E-state index >= 15 is 0 Å². The Morgan fingerprint density at radius 1 is 1.43 bits per heavy atom. The molecule has 0 aliphatic heterocycles. The molecule has 0 aliphatic carbocycles. The molecule has 0 fully saturated rings. The fraction of sp³-hybridized carbons (Fsp3) is 0.385. The summed E-state index contributed by atoms with van der Waals surface area (Å²) in [6, 6.07) is 4.10. The van der Waals surface area contributed by atoms with Crippen molar-refractivity contribution in [2.24, 2.45) is 0 Å². The number of methoxy groups -OCH3 is 1. The van der Waals surface area contributed by atoms with E-state index in [1.54, 1.807) is 0 Å². The van der Waals surface area contributed by atoms with Crippen molar-refractivity contribution in [3.8, 4) is 0 Å². The Labute approximate surface area is 130 Å². The molecule has 0 saturated carbocycles. The fourth-order valence-electron chi connectivity index (χ4n) is 1.71. The monoisotopic (exact) mass is 358 g/mol. The molecule has 21 heavy (non-hydrogen) atoms. The Bertz CT molecular complexity index is 561. The van der Waals surface area contributed by atoms with Crippen LogP contribution in [0.5, 0.6) is 0 Å². The van der Waals surface area contributed by atoms with Gasteiger partial charge in [0.2, 0.25) is 0 Å². The summed E-state index contributed by atoms with van der Waals surface area (Å²) in [4.78, 5) is 35.3. The lowest BCUT2D eigenvalue weighted by atomic mass is 10.1. The SMILES string of the molecule is CCCN(CC(=O)OC)C(=O)c1ccc(Br)c([N+](=O)[O-])c1. The molecular formula is C13H15BrN2O5. The third kappa shape index (κ3) is 4.52. The molecule has 0 heterocycles. The molecule has 1 aromatic carbocycles. The zero-order valence-electron chi connectivity index (χ0n) is 11.7. The van der Waals surface area contributed by atoms with Crippen LogP contribution in [0.15, 0.2) is 22.7 Å². The minimum Gasteiger partial charge on any atom is -0.468 e. The van der Waals surface area contributed by atoms with Gasteiger partial charge in [-0.25, -0.2) is 0 Å². The summed E-state index contributed by atoms with van der Waals surface area (Å²) >= 11 is 3.06. The summed E-state index contributed by atoms with van der Waals surface area (Å²) in [7, 11) is 1.24. The van der Waals surface area contributed by atoms with E-state index in [0.717, 1.165) is 0 Å². The summed E-state index contributed by atoms with van der Waals surface area (Å²) < 4.78 is 4.84. The quantitative estimate of drug-likeness (QED) is 0.442. The van der Waals surface area contributed by atoms with Crippen molar-refractivity contribution in [3.05, 3.63) is 38.3 Å². The first-order valence-corrected chi connectivity index (χ1v) is 7.00. The molecule has 7 nitrogen and oxygen atoms in total. The Morgan fingerprint density at radius 3 is 2.62 bits per heavy atom. The summed E-state index contributed by atoms with van der Waals surface area (Å²) in [6.45, 7) is 2.03. The zero-order chi connectivity index (χ0) is 16.0. The summed E-state index contributed by atoms with van der Waals surface area (Å²) in [6.07, 6.45) is 0.654. The molecule has 0 radical (unpaired) electrons. The lowest BCUT2D eigenvalue weighted by Gasteiger charge is -2.20. The standard InChI is InChI=1S/C13H15BrN2O5/c1-3-6-15(8-12(17)21-2)13(18)9-4-5-10(14)11(7-9)16(19)20/h4-5,7H,3,6,8H2,1-2H3. The minimum atomic E-state index is -0.578. The number of ether oxygens (including phenoxy) is 1. The molecule has 114 valence electrons. The molecule has 8 heteroatoms. The van der Waals surface area contributed by atoms with Crippen LogP contribution in [-0.2, 0) is 9.53 Å². The van der Waals surface area contributed by atoms with Gasteiger partial charge >= 0.3 is 5.97 Å². The number of esters is 1. The Kier molecular flexibility index (Phi) is 6.29. The Balaban J connectivity index is 3.06. The van der Waals surface area contributed by atoms with Gasteiger partial charge in [0, 0.05) is 18.2 Å². The summed E-state index contributed by atoms with van der Waals surface area (Å²) in [5.41, 5.74) is -0.0439. The van der Waals surface area contributed by atoms with Crippen molar-refractivity contribution in [1.82, 2.24) is 4.90 Å². The number of hydrogen-bond donors (Lipinski definition) is 0. The Hall–Kier alpha value is -1.96. The molecule has 0 spiro atoms. The first-order chi connectivity index (χ1) is 9.90. The number of nitro groups is 1. The third-order valence-corrected chi connectivity index (χ3v) is 3.39. The second-order valence-electron chi connectivity index (χ2n) is 4.23. The number of nitrogens with zero attached hydrogens (tertiary/aromatic N) is 2. The highest BCUT2D eigenvalue weighted by Gasteiger charge is 2.21. The van der Waals surface area contributed by atoms with Crippen LogP contribution in [0, 0.1) is 10.1 Å². The molecule has 1 rings (SSSR count). The van der Waals surface area contributed by atoms with Gasteiger partial charge in [0.15, 0.2) is 0 Å². The minimum absolute atomic E-state index is 0.155. The highest BCUT2D eigenvalue weighted by molar-refractivity contribution is 9.10. The van der Waals surface area contributed by atoms with Crippen molar-refractivity contribution in [3.63, 3.8) is 0 Å². The molecule has 1 aromatic rings. The van der Waals surface area contributed by atoms with Gasteiger partial charge in [-0.2, -0.15) is 0 Å². The lowest BCUT2D eigenvalue weighted by molar-refractivity contribution is -0.385. The van der Waals surface area contributed by atoms with E-state index in [1.165, 1.54) is 30.2 Å². The van der Waals surface area contributed by atoms with Crippen molar-refractivity contribution >= 4 is 33.5 Å². The van der Waals surface area contributed by atoms with Gasteiger partial charge in [-0.1, -0.05) is 6.92 Å². The largest absolute Gasteiger partial charge is 0.468 e. The van der Waals surface area contributed by atoms with Crippen LogP contribution in [0.3, 0.4) is 0 Å². The summed E-state index contributed by atoms with van der Waals surface area (Å²) in [5.74, 6) is -0.985. The average molecular weight is 359 g/mol. The predicted octanol–water partition coefficient (Wildman–Crippen LogP) is 2.38. The van der Waals surface area contributed by atoms with E-state index in [0.29, 0.717) is 17.4 Å². The second-order valence-corrected chi connectivity index (χ2v) is 5.08. The molecule has 0 atom stereocenters. The molecule has 0 unspecified atom stereocenters. The molecule has 0 N–H and O–H groups in total. The van der Waals surface area contributed by atoms with Crippen LogP contribution in [0.1, 0.15) is 23.7 Å². The van der Waals surface area contributed by atoms with Gasteiger partial charge in [0.25, 0.3) is 11.6 Å². The van der Waals surface area contributed by atoms with Crippen molar-refractivity contribution < 1.29 is 19.2 Å². The van der Waals surface area contributed by atoms with Crippen molar-refractivity contribution in [2.45, 2.75) is 13.3 Å². The average Bonchev–Trinajstić information content (AvgIpc) is 2.46. The van der Waals surface area contributed by atoms with E-state index in [1.807, 2.05) is 6.92 Å². The number of halogens is 1. The topological polar surface area (TPSA) is 89.8 Å². The van der Waals surface area contributed by atoms with Gasteiger partial charge < -0.3 is 9.64 Å². The number of rotatable bonds is 6. The van der Waals surface area contributed by atoms with Gasteiger partial charge in [-0.15, -0.1) is 0 Å². The second kappa shape index (κ2) is 7.72. The summed E-state index contributed by atoms with van der Waals surface area (Å²) in [5, 5.41) is 10.9. The maximum absolute atomic E-state index is 12.4. The number of amides is 1. The normalized spacial score (nSPS) is 10.0.